The third-order valence-corrected chi connectivity index (χ3v) is 5.49. The zero-order chi connectivity index (χ0) is 17.8. The first-order chi connectivity index (χ1) is 12.8. The Labute approximate surface area is 178 Å². The Morgan fingerprint density at radius 3 is 2.70 bits per heavy atom. The number of hydrogen-bond acceptors (Lipinski definition) is 3. The molecule has 0 bridgehead atoms. The molecule has 2 heterocycles. The van der Waals surface area contributed by atoms with Crippen LogP contribution in [0.1, 0.15) is 49.8 Å². The van der Waals surface area contributed by atoms with Crippen molar-refractivity contribution < 1.29 is 0 Å². The second-order valence-electron chi connectivity index (χ2n) is 7.34. The minimum atomic E-state index is 0. The van der Waals surface area contributed by atoms with Crippen LogP contribution in [-0.4, -0.2) is 33.8 Å². The van der Waals surface area contributed by atoms with Gasteiger partial charge in [-0.25, -0.2) is 4.99 Å². The molecule has 1 fully saturated rings. The van der Waals surface area contributed by atoms with E-state index < -0.39 is 0 Å². The van der Waals surface area contributed by atoms with Gasteiger partial charge in [0.1, 0.15) is 12.4 Å². The lowest BCUT2D eigenvalue weighted by Crippen LogP contribution is -2.41. The average molecular weight is 480 g/mol. The summed E-state index contributed by atoms with van der Waals surface area (Å²) in [5.74, 6) is 2.95. The number of nitrogens with zero attached hydrogens (tertiary/aromatic N) is 4. The van der Waals surface area contributed by atoms with Gasteiger partial charge in [-0.15, -0.1) is 34.2 Å². The predicted molar refractivity (Wildman–Crippen MR) is 119 cm³/mol. The fourth-order valence-electron chi connectivity index (χ4n) is 3.74. The van der Waals surface area contributed by atoms with E-state index in [-0.39, 0.29) is 29.4 Å². The number of aromatic nitrogens is 3. The third kappa shape index (κ3) is 4.62. The Hall–Kier alpha value is -1.64. The van der Waals surface area contributed by atoms with Crippen molar-refractivity contribution in [2.24, 2.45) is 4.99 Å². The minimum absolute atomic E-state index is 0. The predicted octanol–water partition coefficient (Wildman–Crippen LogP) is 3.02. The molecule has 7 heteroatoms. The van der Waals surface area contributed by atoms with E-state index in [1.807, 2.05) is 0 Å². The first-order valence-corrected chi connectivity index (χ1v) is 9.79. The molecular weight excluding hydrogens is 451 g/mol. The number of rotatable bonds is 6. The van der Waals surface area contributed by atoms with Crippen LogP contribution in [0.2, 0.25) is 0 Å². The lowest BCUT2D eigenvalue weighted by Gasteiger charge is -2.19. The monoisotopic (exact) mass is 480 g/mol. The molecule has 0 unspecified atom stereocenters. The number of guanidine groups is 1. The SMILES string of the molecule is CCNC(=NCc1nnc2n1CCCC2)NCC1(c2ccccc2)CC1.I. The number of benzene rings is 1. The van der Waals surface area contributed by atoms with E-state index in [1.54, 1.807) is 0 Å². The summed E-state index contributed by atoms with van der Waals surface area (Å²) >= 11 is 0. The van der Waals surface area contributed by atoms with Crippen molar-refractivity contribution in [2.75, 3.05) is 13.1 Å². The lowest BCUT2D eigenvalue weighted by molar-refractivity contribution is 0.508. The fraction of sp³-hybridized carbons (Fsp3) is 0.550. The molecule has 27 heavy (non-hydrogen) atoms. The van der Waals surface area contributed by atoms with Crippen LogP contribution >= 0.6 is 24.0 Å². The quantitative estimate of drug-likeness (QED) is 0.379. The van der Waals surface area contributed by atoms with E-state index in [0.717, 1.165) is 43.7 Å². The average Bonchev–Trinajstić information content (AvgIpc) is 3.38. The maximum Gasteiger partial charge on any atom is 0.191 e. The van der Waals surface area contributed by atoms with Gasteiger partial charge in [-0.3, -0.25) is 0 Å². The van der Waals surface area contributed by atoms with Gasteiger partial charge in [0.15, 0.2) is 11.8 Å². The minimum Gasteiger partial charge on any atom is -0.357 e. The Balaban J connectivity index is 0.00000210. The van der Waals surface area contributed by atoms with Crippen LogP contribution in [0.4, 0.5) is 0 Å². The van der Waals surface area contributed by atoms with Crippen molar-refractivity contribution >= 4 is 29.9 Å². The highest BCUT2D eigenvalue weighted by atomic mass is 127. The molecule has 1 aromatic carbocycles. The van der Waals surface area contributed by atoms with E-state index in [1.165, 1.54) is 31.2 Å². The van der Waals surface area contributed by atoms with E-state index in [4.69, 9.17) is 4.99 Å². The summed E-state index contributed by atoms with van der Waals surface area (Å²) in [6, 6.07) is 10.8. The van der Waals surface area contributed by atoms with Gasteiger partial charge in [-0.1, -0.05) is 30.3 Å². The summed E-state index contributed by atoms with van der Waals surface area (Å²) in [5.41, 5.74) is 1.70. The Morgan fingerprint density at radius 1 is 1.15 bits per heavy atom. The van der Waals surface area contributed by atoms with Crippen molar-refractivity contribution in [3.63, 3.8) is 0 Å². The van der Waals surface area contributed by atoms with E-state index in [2.05, 4.69) is 62.7 Å². The highest BCUT2D eigenvalue weighted by Crippen LogP contribution is 2.47. The van der Waals surface area contributed by atoms with Crippen LogP contribution in [0.5, 0.6) is 0 Å². The van der Waals surface area contributed by atoms with Gasteiger partial charge in [0.2, 0.25) is 0 Å². The lowest BCUT2D eigenvalue weighted by atomic mass is 9.96. The number of hydrogen-bond donors (Lipinski definition) is 2. The second kappa shape index (κ2) is 9.03. The second-order valence-corrected chi connectivity index (χ2v) is 7.34. The van der Waals surface area contributed by atoms with Crippen molar-refractivity contribution in [3.05, 3.63) is 47.5 Å². The maximum absolute atomic E-state index is 4.76. The van der Waals surface area contributed by atoms with Crippen LogP contribution in [0.25, 0.3) is 0 Å². The first kappa shape index (κ1) is 20.1. The largest absolute Gasteiger partial charge is 0.357 e. The molecule has 1 saturated carbocycles. The Kier molecular flexibility index (Phi) is 6.73. The number of fused-ring (bicyclic) bond motifs is 1. The zero-order valence-corrected chi connectivity index (χ0v) is 18.3. The van der Waals surface area contributed by atoms with Crippen LogP contribution in [0.15, 0.2) is 35.3 Å². The highest BCUT2D eigenvalue weighted by Gasteiger charge is 2.44. The van der Waals surface area contributed by atoms with Gasteiger partial charge in [0, 0.05) is 31.5 Å². The summed E-state index contributed by atoms with van der Waals surface area (Å²) in [6.07, 6.45) is 5.93. The molecule has 6 nitrogen and oxygen atoms in total. The van der Waals surface area contributed by atoms with Gasteiger partial charge in [-0.05, 0) is 38.2 Å². The van der Waals surface area contributed by atoms with Gasteiger partial charge >= 0.3 is 0 Å². The molecule has 1 aromatic heterocycles. The van der Waals surface area contributed by atoms with E-state index in [0.29, 0.717) is 6.54 Å². The topological polar surface area (TPSA) is 67.1 Å². The van der Waals surface area contributed by atoms with Crippen LogP contribution < -0.4 is 10.6 Å². The first-order valence-electron chi connectivity index (χ1n) is 9.79. The van der Waals surface area contributed by atoms with Gasteiger partial charge in [0.25, 0.3) is 0 Å². The molecule has 0 atom stereocenters. The molecule has 0 saturated heterocycles. The van der Waals surface area contributed by atoms with E-state index >= 15 is 0 Å². The molecule has 2 aliphatic rings. The van der Waals surface area contributed by atoms with Crippen molar-refractivity contribution in [3.8, 4) is 0 Å². The third-order valence-electron chi connectivity index (χ3n) is 5.49. The molecule has 2 aromatic rings. The Morgan fingerprint density at radius 2 is 1.96 bits per heavy atom. The molecule has 0 spiro atoms. The molecular formula is C20H29IN6. The number of nitrogens with one attached hydrogen (secondary N) is 2. The van der Waals surface area contributed by atoms with Crippen LogP contribution in [-0.2, 0) is 24.9 Å². The van der Waals surface area contributed by atoms with Crippen molar-refractivity contribution in [2.45, 2.75) is 57.5 Å². The molecule has 4 rings (SSSR count). The molecule has 2 N–H and O–H groups in total. The van der Waals surface area contributed by atoms with Gasteiger partial charge < -0.3 is 15.2 Å². The number of aliphatic imine (C=N–C) groups is 1. The summed E-state index contributed by atoms with van der Waals surface area (Å²) < 4.78 is 2.24. The van der Waals surface area contributed by atoms with E-state index in [9.17, 15) is 0 Å². The van der Waals surface area contributed by atoms with Crippen molar-refractivity contribution in [1.29, 1.82) is 0 Å². The molecule has 0 radical (unpaired) electrons. The summed E-state index contributed by atoms with van der Waals surface area (Å²) in [6.45, 7) is 5.46. The smallest absolute Gasteiger partial charge is 0.191 e. The summed E-state index contributed by atoms with van der Waals surface area (Å²) in [5, 5.41) is 15.6. The standard InChI is InChI=1S/C20H28N6.HI/c1-2-21-19(22-14-18-25-24-17-10-6-7-13-26(17)18)23-15-20(11-12-20)16-8-4-3-5-9-16;/h3-5,8-9H,2,6-7,10-15H2,1H3,(H2,21,22,23);1H. The summed E-state index contributed by atoms with van der Waals surface area (Å²) in [7, 11) is 0. The van der Waals surface area contributed by atoms with Crippen molar-refractivity contribution in [1.82, 2.24) is 25.4 Å². The number of halogens is 1. The van der Waals surface area contributed by atoms with Crippen LogP contribution in [0, 0.1) is 0 Å². The van der Waals surface area contributed by atoms with Gasteiger partial charge in [0.05, 0.1) is 0 Å². The van der Waals surface area contributed by atoms with Gasteiger partial charge in [-0.2, -0.15) is 0 Å². The number of aryl methyl sites for hydroxylation is 1. The summed E-state index contributed by atoms with van der Waals surface area (Å²) in [4.78, 5) is 4.76. The molecule has 1 aliphatic heterocycles. The zero-order valence-electron chi connectivity index (χ0n) is 15.9. The fourth-order valence-corrected chi connectivity index (χ4v) is 3.74. The highest BCUT2D eigenvalue weighted by molar-refractivity contribution is 14.0. The molecule has 146 valence electrons. The molecule has 1 aliphatic carbocycles. The van der Waals surface area contributed by atoms with Crippen LogP contribution in [0.3, 0.4) is 0 Å². The maximum atomic E-state index is 4.76. The molecule has 0 amide bonds. The normalized spacial score (nSPS) is 17.6. The Bertz CT molecular complexity index is 766.